The number of hydrogen-bond donors (Lipinski definition) is 2. The molecule has 0 radical (unpaired) electrons. The molecule has 3 rings (SSSR count). The molecule has 0 bridgehead atoms. The van der Waals surface area contributed by atoms with Crippen molar-refractivity contribution in [1.82, 2.24) is 10.2 Å². The number of aromatic nitrogens is 2. The first-order valence-electron chi connectivity index (χ1n) is 5.99. The van der Waals surface area contributed by atoms with Crippen LogP contribution in [0.5, 0.6) is 0 Å². The highest BCUT2D eigenvalue weighted by Crippen LogP contribution is 2.28. The summed E-state index contributed by atoms with van der Waals surface area (Å²) in [4.78, 5) is 1.19. The number of nitrogens with one attached hydrogen (secondary N) is 2. The number of nitrogens with zero attached hydrogens (tertiary/aromatic N) is 1. The maximum atomic E-state index is 5.98. The molecule has 0 spiro atoms. The molecule has 0 unspecified atom stereocenters. The summed E-state index contributed by atoms with van der Waals surface area (Å²) in [6.45, 7) is 0.706. The predicted molar refractivity (Wildman–Crippen MR) is 88.4 cm³/mol. The van der Waals surface area contributed by atoms with E-state index in [0.29, 0.717) is 11.6 Å². The number of anilines is 1. The van der Waals surface area contributed by atoms with Gasteiger partial charge in [0.05, 0.1) is 21.8 Å². The molecule has 0 fully saturated rings. The van der Waals surface area contributed by atoms with Crippen LogP contribution in [0.1, 0.15) is 5.56 Å². The van der Waals surface area contributed by atoms with Crippen molar-refractivity contribution in [3.05, 3.63) is 57.0 Å². The summed E-state index contributed by atoms with van der Waals surface area (Å²) < 4.78 is 0.884. The Labute approximate surface area is 134 Å². The smallest absolute Gasteiger partial charge is 0.0799 e. The first-order valence-corrected chi connectivity index (χ1v) is 8.04. The zero-order chi connectivity index (χ0) is 13.9. The molecule has 2 aromatic heterocycles. The van der Waals surface area contributed by atoms with E-state index in [-0.39, 0.29) is 0 Å². The van der Waals surface area contributed by atoms with Gasteiger partial charge in [0.15, 0.2) is 0 Å². The lowest BCUT2D eigenvalue weighted by molar-refractivity contribution is 1.10. The Kier molecular flexibility index (Phi) is 4.10. The van der Waals surface area contributed by atoms with Gasteiger partial charge in [-0.2, -0.15) is 5.10 Å². The van der Waals surface area contributed by atoms with Crippen molar-refractivity contribution in [2.24, 2.45) is 0 Å². The number of rotatable bonds is 4. The fourth-order valence-corrected chi connectivity index (χ4v) is 3.13. The van der Waals surface area contributed by atoms with Crippen molar-refractivity contribution >= 4 is 44.6 Å². The van der Waals surface area contributed by atoms with E-state index in [4.69, 9.17) is 11.6 Å². The zero-order valence-electron chi connectivity index (χ0n) is 10.4. The summed E-state index contributed by atoms with van der Waals surface area (Å²) in [6, 6.07) is 9.91. The van der Waals surface area contributed by atoms with Gasteiger partial charge < -0.3 is 5.32 Å². The van der Waals surface area contributed by atoms with Gasteiger partial charge in [-0.25, -0.2) is 0 Å². The molecule has 0 amide bonds. The van der Waals surface area contributed by atoms with Crippen LogP contribution >= 0.6 is 38.9 Å². The Morgan fingerprint density at radius 2 is 2.25 bits per heavy atom. The summed E-state index contributed by atoms with van der Waals surface area (Å²) in [5, 5.41) is 13.3. The quantitative estimate of drug-likeness (QED) is 0.667. The van der Waals surface area contributed by atoms with Gasteiger partial charge in [0.1, 0.15) is 0 Å². The second kappa shape index (κ2) is 5.99. The monoisotopic (exact) mass is 367 g/mol. The first-order chi connectivity index (χ1) is 9.74. The highest BCUT2D eigenvalue weighted by atomic mass is 79.9. The molecule has 0 aliphatic rings. The molecule has 20 heavy (non-hydrogen) atoms. The van der Waals surface area contributed by atoms with Crippen LogP contribution in [0.3, 0.4) is 0 Å². The Bertz CT molecular complexity index is 709. The number of H-pyrrole nitrogens is 1. The third kappa shape index (κ3) is 2.90. The van der Waals surface area contributed by atoms with Crippen LogP contribution < -0.4 is 5.32 Å². The van der Waals surface area contributed by atoms with E-state index < -0.39 is 0 Å². The van der Waals surface area contributed by atoms with Crippen molar-refractivity contribution in [3.8, 4) is 10.6 Å². The van der Waals surface area contributed by atoms with Gasteiger partial charge in [-0.1, -0.05) is 17.7 Å². The molecule has 0 atom stereocenters. The van der Waals surface area contributed by atoms with Crippen molar-refractivity contribution in [3.63, 3.8) is 0 Å². The number of aromatic amines is 1. The minimum atomic E-state index is 0.706. The van der Waals surface area contributed by atoms with Crippen LogP contribution in [0.2, 0.25) is 5.02 Å². The molecule has 0 saturated carbocycles. The van der Waals surface area contributed by atoms with Gasteiger partial charge >= 0.3 is 0 Å². The normalized spacial score (nSPS) is 10.7. The third-order valence-electron chi connectivity index (χ3n) is 2.89. The topological polar surface area (TPSA) is 40.7 Å². The minimum Gasteiger partial charge on any atom is -0.381 e. The standard InChI is InChI=1S/C14H11BrClN3S/c15-11-6-10(3-4-12(11)16)17-7-9-8-18-19-14(9)13-2-1-5-20-13/h1-6,8,17H,7H2,(H,18,19). The lowest BCUT2D eigenvalue weighted by Crippen LogP contribution is -1.99. The first kappa shape index (κ1) is 13.7. The summed E-state index contributed by atoms with van der Waals surface area (Å²) in [5.74, 6) is 0. The minimum absolute atomic E-state index is 0.706. The van der Waals surface area contributed by atoms with E-state index in [9.17, 15) is 0 Å². The van der Waals surface area contributed by atoms with Crippen molar-refractivity contribution in [2.75, 3.05) is 5.32 Å². The SMILES string of the molecule is Clc1ccc(NCc2cn[nH]c2-c2cccs2)cc1Br. The number of thiophene rings is 1. The van der Waals surface area contributed by atoms with Gasteiger partial charge in [0.2, 0.25) is 0 Å². The molecular weight excluding hydrogens is 358 g/mol. The summed E-state index contributed by atoms with van der Waals surface area (Å²) in [6.07, 6.45) is 1.85. The van der Waals surface area contributed by atoms with E-state index in [0.717, 1.165) is 21.4 Å². The van der Waals surface area contributed by atoms with Gasteiger partial charge in [-0.05, 0) is 45.6 Å². The molecule has 0 saturated heterocycles. The Hall–Kier alpha value is -1.30. The Morgan fingerprint density at radius 1 is 1.35 bits per heavy atom. The average Bonchev–Trinajstić information content (AvgIpc) is 3.09. The van der Waals surface area contributed by atoms with Crippen LogP contribution in [0, 0.1) is 0 Å². The molecule has 0 aliphatic heterocycles. The van der Waals surface area contributed by atoms with E-state index in [1.54, 1.807) is 11.3 Å². The molecule has 3 aromatic rings. The summed E-state index contributed by atoms with van der Waals surface area (Å²) >= 11 is 11.1. The highest BCUT2D eigenvalue weighted by Gasteiger charge is 2.08. The second-order valence-corrected chi connectivity index (χ2v) is 6.44. The fourth-order valence-electron chi connectivity index (χ4n) is 1.88. The van der Waals surface area contributed by atoms with Crippen molar-refractivity contribution < 1.29 is 0 Å². The molecular formula is C14H11BrClN3S. The Morgan fingerprint density at radius 3 is 3.00 bits per heavy atom. The molecule has 2 N–H and O–H groups in total. The molecule has 2 heterocycles. The highest BCUT2D eigenvalue weighted by molar-refractivity contribution is 9.10. The third-order valence-corrected chi connectivity index (χ3v) is 4.99. The number of benzene rings is 1. The second-order valence-electron chi connectivity index (χ2n) is 4.23. The molecule has 6 heteroatoms. The van der Waals surface area contributed by atoms with Gasteiger partial charge in [-0.15, -0.1) is 11.3 Å². The summed E-state index contributed by atoms with van der Waals surface area (Å²) in [5.41, 5.74) is 3.22. The predicted octanol–water partition coefficient (Wildman–Crippen LogP) is 5.17. The largest absolute Gasteiger partial charge is 0.381 e. The molecule has 3 nitrogen and oxygen atoms in total. The van der Waals surface area contributed by atoms with Crippen LogP contribution in [0.4, 0.5) is 5.69 Å². The maximum Gasteiger partial charge on any atom is 0.0799 e. The van der Waals surface area contributed by atoms with Crippen LogP contribution in [-0.4, -0.2) is 10.2 Å². The van der Waals surface area contributed by atoms with Crippen LogP contribution in [-0.2, 0) is 6.54 Å². The maximum absolute atomic E-state index is 5.98. The average molecular weight is 369 g/mol. The van der Waals surface area contributed by atoms with E-state index >= 15 is 0 Å². The number of halogens is 2. The molecule has 102 valence electrons. The van der Waals surface area contributed by atoms with Gasteiger partial charge in [0, 0.05) is 22.3 Å². The van der Waals surface area contributed by atoms with Crippen molar-refractivity contribution in [2.45, 2.75) is 6.54 Å². The lowest BCUT2D eigenvalue weighted by atomic mass is 10.2. The van der Waals surface area contributed by atoms with Crippen LogP contribution in [0.15, 0.2) is 46.4 Å². The van der Waals surface area contributed by atoms with Crippen molar-refractivity contribution in [1.29, 1.82) is 0 Å². The fraction of sp³-hybridized carbons (Fsp3) is 0.0714. The van der Waals surface area contributed by atoms with E-state index in [2.05, 4.69) is 42.9 Å². The zero-order valence-corrected chi connectivity index (χ0v) is 13.5. The lowest BCUT2D eigenvalue weighted by Gasteiger charge is -2.07. The van der Waals surface area contributed by atoms with Gasteiger partial charge in [-0.3, -0.25) is 5.10 Å². The number of hydrogen-bond acceptors (Lipinski definition) is 3. The molecule has 1 aromatic carbocycles. The van der Waals surface area contributed by atoms with Gasteiger partial charge in [0.25, 0.3) is 0 Å². The molecule has 0 aliphatic carbocycles. The van der Waals surface area contributed by atoms with E-state index in [1.807, 2.05) is 30.5 Å². The van der Waals surface area contributed by atoms with Crippen LogP contribution in [0.25, 0.3) is 10.6 Å². The van der Waals surface area contributed by atoms with E-state index in [1.165, 1.54) is 4.88 Å². The summed E-state index contributed by atoms with van der Waals surface area (Å²) in [7, 11) is 0. The Balaban J connectivity index is 1.76.